The van der Waals surface area contributed by atoms with Crippen LogP contribution in [0.15, 0.2) is 30.3 Å². The molecule has 2 amide bonds. The minimum atomic E-state index is -0.111. The summed E-state index contributed by atoms with van der Waals surface area (Å²) in [5.74, 6) is 0.651. The Morgan fingerprint density at radius 3 is 2.85 bits per heavy atom. The zero-order valence-electron chi connectivity index (χ0n) is 15.8. The van der Waals surface area contributed by atoms with Gasteiger partial charge in [0.05, 0.1) is 11.4 Å². The summed E-state index contributed by atoms with van der Waals surface area (Å²) < 4.78 is 1.91. The van der Waals surface area contributed by atoms with Crippen LogP contribution in [0.25, 0.3) is 5.69 Å². The van der Waals surface area contributed by atoms with E-state index < -0.39 is 0 Å². The molecule has 0 saturated heterocycles. The number of aromatic amines is 1. The summed E-state index contributed by atoms with van der Waals surface area (Å²) in [6.07, 6.45) is 1.43. The molecule has 3 rings (SSSR count). The zero-order valence-corrected chi connectivity index (χ0v) is 15.8. The van der Waals surface area contributed by atoms with Crippen LogP contribution in [-0.4, -0.2) is 54.9 Å². The summed E-state index contributed by atoms with van der Waals surface area (Å²) in [7, 11) is 1.78. The van der Waals surface area contributed by atoms with Gasteiger partial charge in [0.15, 0.2) is 5.82 Å². The second kappa shape index (κ2) is 8.43. The summed E-state index contributed by atoms with van der Waals surface area (Å²) in [6, 6.07) is 9.99. The SMILES string of the molecule is Cc1cc(C)n(-c2cccc(CN(C)C(=O)NCCCc3nn[nH]n3)c2)n1. The Morgan fingerprint density at radius 1 is 1.30 bits per heavy atom. The monoisotopic (exact) mass is 368 g/mol. The fraction of sp³-hybridized carbons (Fsp3) is 0.389. The number of tetrazole rings is 1. The molecule has 1 aromatic carbocycles. The van der Waals surface area contributed by atoms with Gasteiger partial charge in [0.25, 0.3) is 0 Å². The van der Waals surface area contributed by atoms with E-state index in [0.717, 1.165) is 29.1 Å². The topological polar surface area (TPSA) is 105 Å². The van der Waals surface area contributed by atoms with Crippen molar-refractivity contribution >= 4 is 6.03 Å². The molecule has 2 heterocycles. The lowest BCUT2D eigenvalue weighted by Gasteiger charge is -2.18. The number of benzene rings is 1. The van der Waals surface area contributed by atoms with Gasteiger partial charge in [-0.3, -0.25) is 0 Å². The van der Waals surface area contributed by atoms with Gasteiger partial charge < -0.3 is 10.2 Å². The number of aromatic nitrogens is 6. The van der Waals surface area contributed by atoms with Crippen molar-refractivity contribution in [3.05, 3.63) is 53.1 Å². The highest BCUT2D eigenvalue weighted by molar-refractivity contribution is 5.73. The minimum absolute atomic E-state index is 0.111. The van der Waals surface area contributed by atoms with Gasteiger partial charge in [-0.2, -0.15) is 10.3 Å². The van der Waals surface area contributed by atoms with Crippen LogP contribution in [0.5, 0.6) is 0 Å². The first-order valence-corrected chi connectivity index (χ1v) is 8.87. The van der Waals surface area contributed by atoms with E-state index in [1.807, 2.05) is 42.8 Å². The molecule has 0 atom stereocenters. The fourth-order valence-electron chi connectivity index (χ4n) is 2.89. The summed E-state index contributed by atoms with van der Waals surface area (Å²) in [4.78, 5) is 13.9. The number of hydrogen-bond donors (Lipinski definition) is 2. The van der Waals surface area contributed by atoms with Crippen LogP contribution < -0.4 is 5.32 Å². The van der Waals surface area contributed by atoms with Crippen molar-refractivity contribution in [3.8, 4) is 5.69 Å². The van der Waals surface area contributed by atoms with E-state index in [2.05, 4.69) is 37.1 Å². The normalized spacial score (nSPS) is 10.8. The average Bonchev–Trinajstić information content (AvgIpc) is 3.28. The summed E-state index contributed by atoms with van der Waals surface area (Å²) in [5, 5.41) is 21.1. The van der Waals surface area contributed by atoms with Crippen molar-refractivity contribution in [1.82, 2.24) is 40.6 Å². The Morgan fingerprint density at radius 2 is 2.15 bits per heavy atom. The molecule has 9 nitrogen and oxygen atoms in total. The molecule has 27 heavy (non-hydrogen) atoms. The van der Waals surface area contributed by atoms with E-state index in [9.17, 15) is 4.79 Å². The predicted molar refractivity (Wildman–Crippen MR) is 100 cm³/mol. The maximum atomic E-state index is 12.3. The van der Waals surface area contributed by atoms with E-state index in [1.54, 1.807) is 11.9 Å². The molecule has 3 aromatic rings. The van der Waals surface area contributed by atoms with Gasteiger partial charge in [-0.1, -0.05) is 17.3 Å². The largest absolute Gasteiger partial charge is 0.338 e. The van der Waals surface area contributed by atoms with Gasteiger partial charge in [-0.05, 0) is 44.0 Å². The van der Waals surface area contributed by atoms with Crippen LogP contribution in [0.4, 0.5) is 4.79 Å². The average molecular weight is 368 g/mol. The van der Waals surface area contributed by atoms with Crippen LogP contribution in [0.2, 0.25) is 0 Å². The molecular formula is C18H24N8O. The number of aryl methyl sites for hydroxylation is 3. The second-order valence-corrected chi connectivity index (χ2v) is 6.53. The fourth-order valence-corrected chi connectivity index (χ4v) is 2.89. The highest BCUT2D eigenvalue weighted by Crippen LogP contribution is 2.15. The van der Waals surface area contributed by atoms with Crippen LogP contribution in [0.3, 0.4) is 0 Å². The Balaban J connectivity index is 1.52. The molecule has 0 saturated carbocycles. The third-order valence-corrected chi connectivity index (χ3v) is 4.17. The number of amides is 2. The van der Waals surface area contributed by atoms with Gasteiger partial charge >= 0.3 is 6.03 Å². The third kappa shape index (κ3) is 4.90. The smallest absolute Gasteiger partial charge is 0.317 e. The zero-order chi connectivity index (χ0) is 19.2. The molecule has 0 aliphatic rings. The van der Waals surface area contributed by atoms with Gasteiger partial charge in [0.2, 0.25) is 0 Å². The number of carbonyl (C=O) groups is 1. The van der Waals surface area contributed by atoms with Crippen molar-refractivity contribution in [2.24, 2.45) is 0 Å². The molecule has 9 heteroatoms. The van der Waals surface area contributed by atoms with E-state index in [-0.39, 0.29) is 6.03 Å². The number of nitrogens with one attached hydrogen (secondary N) is 2. The summed E-state index contributed by atoms with van der Waals surface area (Å²) >= 11 is 0. The van der Waals surface area contributed by atoms with Crippen molar-refractivity contribution in [2.45, 2.75) is 33.2 Å². The molecule has 0 bridgehead atoms. The lowest BCUT2D eigenvalue weighted by atomic mass is 10.2. The first kappa shape index (κ1) is 18.6. The van der Waals surface area contributed by atoms with Crippen LogP contribution in [0, 0.1) is 13.8 Å². The molecule has 0 unspecified atom stereocenters. The Bertz CT molecular complexity index is 887. The van der Waals surface area contributed by atoms with Crippen LogP contribution in [0.1, 0.15) is 29.2 Å². The van der Waals surface area contributed by atoms with Crippen LogP contribution >= 0.6 is 0 Å². The minimum Gasteiger partial charge on any atom is -0.338 e. The van der Waals surface area contributed by atoms with E-state index in [4.69, 9.17) is 0 Å². The molecule has 2 aromatic heterocycles. The van der Waals surface area contributed by atoms with Crippen LogP contribution in [-0.2, 0) is 13.0 Å². The van der Waals surface area contributed by atoms with Gasteiger partial charge in [-0.15, -0.1) is 10.2 Å². The molecule has 0 radical (unpaired) electrons. The predicted octanol–water partition coefficient (Wildman–Crippen LogP) is 1.78. The molecule has 0 fully saturated rings. The van der Waals surface area contributed by atoms with Gasteiger partial charge in [0, 0.05) is 32.3 Å². The van der Waals surface area contributed by atoms with Gasteiger partial charge in [-0.25, -0.2) is 9.48 Å². The molecule has 2 N–H and O–H groups in total. The lowest BCUT2D eigenvalue weighted by Crippen LogP contribution is -2.37. The molecule has 0 aliphatic heterocycles. The van der Waals surface area contributed by atoms with Crippen molar-refractivity contribution in [2.75, 3.05) is 13.6 Å². The second-order valence-electron chi connectivity index (χ2n) is 6.53. The first-order chi connectivity index (χ1) is 13.0. The maximum Gasteiger partial charge on any atom is 0.317 e. The Labute approximate surface area is 157 Å². The number of carbonyl (C=O) groups excluding carboxylic acids is 1. The number of nitrogens with zero attached hydrogens (tertiary/aromatic N) is 6. The highest BCUT2D eigenvalue weighted by atomic mass is 16.2. The summed E-state index contributed by atoms with van der Waals surface area (Å²) in [5.41, 5.74) is 4.10. The maximum absolute atomic E-state index is 12.3. The van der Waals surface area contributed by atoms with Crippen molar-refractivity contribution in [1.29, 1.82) is 0 Å². The molecular weight excluding hydrogens is 344 g/mol. The number of urea groups is 1. The lowest BCUT2D eigenvalue weighted by molar-refractivity contribution is 0.207. The third-order valence-electron chi connectivity index (χ3n) is 4.17. The molecule has 0 aliphatic carbocycles. The molecule has 0 spiro atoms. The van der Waals surface area contributed by atoms with Crippen molar-refractivity contribution in [3.63, 3.8) is 0 Å². The quantitative estimate of drug-likeness (QED) is 0.619. The highest BCUT2D eigenvalue weighted by Gasteiger charge is 2.10. The summed E-state index contributed by atoms with van der Waals surface area (Å²) in [6.45, 7) is 5.08. The van der Waals surface area contributed by atoms with Crippen molar-refractivity contribution < 1.29 is 4.79 Å². The van der Waals surface area contributed by atoms with E-state index in [0.29, 0.717) is 25.3 Å². The number of rotatable bonds is 7. The standard InChI is InChI=1S/C18H24N8O/c1-13-10-14(2)26(22-13)16-7-4-6-15(11-16)12-25(3)18(27)19-9-5-8-17-20-23-24-21-17/h4,6-7,10-11H,5,8-9,12H2,1-3H3,(H,19,27)(H,20,21,23,24). The first-order valence-electron chi connectivity index (χ1n) is 8.87. The van der Waals surface area contributed by atoms with Gasteiger partial charge in [0.1, 0.15) is 0 Å². The van der Waals surface area contributed by atoms with E-state index in [1.165, 1.54) is 0 Å². The Kier molecular flexibility index (Phi) is 5.80. The number of hydrogen-bond acceptors (Lipinski definition) is 5. The Hall–Kier alpha value is -3.23. The molecule has 142 valence electrons. The number of H-pyrrole nitrogens is 1. The van der Waals surface area contributed by atoms with E-state index >= 15 is 0 Å².